The van der Waals surface area contributed by atoms with E-state index < -0.39 is 0 Å². The minimum absolute atomic E-state index is 0.0301. The smallest absolute Gasteiger partial charge is 0.155 e. The summed E-state index contributed by atoms with van der Waals surface area (Å²) in [5, 5.41) is 2.26. The molecule has 0 aromatic carbocycles. The van der Waals surface area contributed by atoms with E-state index in [1.54, 1.807) is 6.92 Å². The molecule has 3 nitrogen and oxygen atoms in total. The van der Waals surface area contributed by atoms with E-state index in [0.29, 0.717) is 0 Å². The Hall–Kier alpha value is -0.600. The Kier molecular flexibility index (Phi) is 3.28. The van der Waals surface area contributed by atoms with E-state index >= 15 is 0 Å². The monoisotopic (exact) mass is 103 g/mol. The summed E-state index contributed by atoms with van der Waals surface area (Å²) in [6.07, 6.45) is 0.795. The summed E-state index contributed by atoms with van der Waals surface area (Å²) in [6, 6.07) is 0. The van der Waals surface area contributed by atoms with Crippen molar-refractivity contribution in [3.63, 3.8) is 0 Å². The van der Waals surface area contributed by atoms with Gasteiger partial charge >= 0.3 is 0 Å². The summed E-state index contributed by atoms with van der Waals surface area (Å²) < 4.78 is 0. The highest BCUT2D eigenvalue weighted by atomic mass is 16.7. The fourth-order valence-corrected chi connectivity index (χ4v) is 0.148. The highest BCUT2D eigenvalue weighted by molar-refractivity contribution is 4.39. The van der Waals surface area contributed by atoms with Crippen LogP contribution in [0.5, 0.6) is 0 Å². The zero-order valence-electron chi connectivity index (χ0n) is 4.55. The van der Waals surface area contributed by atoms with Crippen LogP contribution in [0, 0.1) is 4.91 Å². The van der Waals surface area contributed by atoms with Crippen molar-refractivity contribution in [3.05, 3.63) is 4.91 Å². The minimum Gasteiger partial charge on any atom is -0.361 e. The van der Waals surface area contributed by atoms with Crippen LogP contribution in [-0.4, -0.2) is 6.10 Å². The molecule has 0 aliphatic heterocycles. The molecule has 0 bridgehead atoms. The third kappa shape index (κ3) is 3.22. The molecule has 0 radical (unpaired) electrons. The van der Waals surface area contributed by atoms with Crippen LogP contribution in [0.3, 0.4) is 0 Å². The molecule has 0 rings (SSSR count). The maximum Gasteiger partial charge on any atom is 0.155 e. The lowest BCUT2D eigenvalue weighted by Crippen LogP contribution is -1.99. The van der Waals surface area contributed by atoms with Crippen molar-refractivity contribution in [2.75, 3.05) is 0 Å². The molecule has 1 unspecified atom stereocenters. The summed E-state index contributed by atoms with van der Waals surface area (Å²) in [4.78, 5) is 13.6. The van der Waals surface area contributed by atoms with E-state index in [9.17, 15) is 4.91 Å². The molecule has 0 aliphatic carbocycles. The van der Waals surface area contributed by atoms with Crippen molar-refractivity contribution in [2.45, 2.75) is 26.4 Å². The molecule has 0 spiro atoms. The zero-order valence-corrected chi connectivity index (χ0v) is 4.55. The number of hydrogen-bond donors (Lipinski definition) is 0. The summed E-state index contributed by atoms with van der Waals surface area (Å²) in [5.74, 6) is 0. The van der Waals surface area contributed by atoms with Crippen LogP contribution in [0.15, 0.2) is 5.34 Å². The summed E-state index contributed by atoms with van der Waals surface area (Å²) in [6.45, 7) is 3.72. The fraction of sp³-hybridized carbons (Fsp3) is 1.00. The lowest BCUT2D eigenvalue weighted by atomic mass is 10.3. The predicted molar refractivity (Wildman–Crippen MR) is 26.6 cm³/mol. The van der Waals surface area contributed by atoms with Crippen molar-refractivity contribution in [3.8, 4) is 0 Å². The van der Waals surface area contributed by atoms with E-state index in [1.807, 2.05) is 6.92 Å². The molecule has 0 aromatic heterocycles. The van der Waals surface area contributed by atoms with Gasteiger partial charge in [0.25, 0.3) is 0 Å². The first-order chi connectivity index (χ1) is 3.31. The largest absolute Gasteiger partial charge is 0.361 e. The zero-order chi connectivity index (χ0) is 5.70. The third-order valence-electron chi connectivity index (χ3n) is 0.798. The summed E-state index contributed by atoms with van der Waals surface area (Å²) in [7, 11) is 0. The average Bonchev–Trinajstić information content (AvgIpc) is 1.68. The van der Waals surface area contributed by atoms with E-state index in [4.69, 9.17) is 0 Å². The van der Waals surface area contributed by atoms with E-state index in [2.05, 4.69) is 10.2 Å². The Labute approximate surface area is 42.6 Å². The Morgan fingerprint density at radius 3 is 2.57 bits per heavy atom. The molecule has 0 heterocycles. The molecule has 1 atom stereocenters. The summed E-state index contributed by atoms with van der Waals surface area (Å²) >= 11 is 0. The van der Waals surface area contributed by atoms with Crippen molar-refractivity contribution >= 4 is 0 Å². The molecule has 0 N–H and O–H groups in total. The molecule has 0 amide bonds. The Bertz CT molecular complexity index is 55.7. The van der Waals surface area contributed by atoms with Crippen LogP contribution < -0.4 is 0 Å². The van der Waals surface area contributed by atoms with Gasteiger partial charge in [0.1, 0.15) is 6.10 Å². The first kappa shape index (κ1) is 6.40. The molecule has 0 aromatic rings. The van der Waals surface area contributed by atoms with E-state index in [1.165, 1.54) is 0 Å². The first-order valence-electron chi connectivity index (χ1n) is 2.29. The van der Waals surface area contributed by atoms with Crippen molar-refractivity contribution in [1.29, 1.82) is 0 Å². The second-order valence-corrected chi connectivity index (χ2v) is 1.40. The van der Waals surface area contributed by atoms with Crippen LogP contribution in [0.1, 0.15) is 20.3 Å². The lowest BCUT2D eigenvalue weighted by molar-refractivity contribution is 0.0661. The molecule has 0 saturated carbocycles. The van der Waals surface area contributed by atoms with Gasteiger partial charge in [0, 0.05) is 0 Å². The number of nitrogens with zero attached hydrogens (tertiary/aromatic N) is 1. The van der Waals surface area contributed by atoms with Gasteiger partial charge in [-0.3, -0.25) is 0 Å². The van der Waals surface area contributed by atoms with Gasteiger partial charge < -0.3 is 4.84 Å². The van der Waals surface area contributed by atoms with Gasteiger partial charge in [0.2, 0.25) is 0 Å². The van der Waals surface area contributed by atoms with Crippen molar-refractivity contribution in [1.82, 2.24) is 0 Å². The average molecular weight is 103 g/mol. The van der Waals surface area contributed by atoms with Gasteiger partial charge in [-0.1, -0.05) is 6.92 Å². The second-order valence-electron chi connectivity index (χ2n) is 1.40. The molecule has 0 fully saturated rings. The molecule has 42 valence electrons. The van der Waals surface area contributed by atoms with Gasteiger partial charge in [-0.05, 0) is 13.3 Å². The molecule has 7 heavy (non-hydrogen) atoms. The molecular weight excluding hydrogens is 94.0 g/mol. The number of rotatable bonds is 3. The normalized spacial score (nSPS) is 12.9. The summed E-state index contributed by atoms with van der Waals surface area (Å²) in [5.41, 5.74) is 0. The SMILES string of the molecule is CCC(C)ON=O. The Morgan fingerprint density at radius 2 is 2.43 bits per heavy atom. The van der Waals surface area contributed by atoms with Gasteiger partial charge in [-0.25, -0.2) is 0 Å². The van der Waals surface area contributed by atoms with Crippen molar-refractivity contribution < 1.29 is 4.84 Å². The van der Waals surface area contributed by atoms with Gasteiger partial charge in [-0.15, -0.1) is 4.91 Å². The van der Waals surface area contributed by atoms with Crippen LogP contribution in [0.25, 0.3) is 0 Å². The van der Waals surface area contributed by atoms with Gasteiger partial charge in [0.05, 0.1) is 0 Å². The lowest BCUT2D eigenvalue weighted by Gasteiger charge is -1.99. The maximum absolute atomic E-state index is 9.30. The highest BCUT2D eigenvalue weighted by Crippen LogP contribution is 1.93. The molecular formula is C4H9NO2. The van der Waals surface area contributed by atoms with Crippen LogP contribution in [0.2, 0.25) is 0 Å². The Balaban J connectivity index is 2.98. The van der Waals surface area contributed by atoms with Gasteiger partial charge in [-0.2, -0.15) is 0 Å². The first-order valence-corrected chi connectivity index (χ1v) is 2.29. The standard InChI is InChI=1S/C4H9NO2/c1-3-4(2)7-5-6/h4H,3H2,1-2H3. The van der Waals surface area contributed by atoms with Gasteiger partial charge in [0.15, 0.2) is 5.34 Å². The predicted octanol–water partition coefficient (Wildman–Crippen LogP) is 1.48. The molecule has 0 aliphatic rings. The third-order valence-corrected chi connectivity index (χ3v) is 0.798. The van der Waals surface area contributed by atoms with E-state index in [0.717, 1.165) is 6.42 Å². The molecule has 3 heteroatoms. The highest BCUT2D eigenvalue weighted by Gasteiger charge is 1.94. The van der Waals surface area contributed by atoms with Crippen LogP contribution >= 0.6 is 0 Å². The maximum atomic E-state index is 9.30. The second kappa shape index (κ2) is 3.59. The molecule has 0 saturated heterocycles. The van der Waals surface area contributed by atoms with Crippen LogP contribution in [0.4, 0.5) is 0 Å². The van der Waals surface area contributed by atoms with Crippen molar-refractivity contribution in [2.24, 2.45) is 5.34 Å². The van der Waals surface area contributed by atoms with Crippen LogP contribution in [-0.2, 0) is 4.84 Å². The fourth-order valence-electron chi connectivity index (χ4n) is 0.148. The Morgan fingerprint density at radius 1 is 1.86 bits per heavy atom. The topological polar surface area (TPSA) is 38.7 Å². The van der Waals surface area contributed by atoms with E-state index in [-0.39, 0.29) is 6.10 Å². The minimum atomic E-state index is -0.0301. The quantitative estimate of drug-likeness (QED) is 0.401. The number of hydrogen-bond acceptors (Lipinski definition) is 3.